The summed E-state index contributed by atoms with van der Waals surface area (Å²) in [6.45, 7) is 3.06. The van der Waals surface area contributed by atoms with E-state index >= 15 is 0 Å². The zero-order valence-corrected chi connectivity index (χ0v) is 19.0. The van der Waals surface area contributed by atoms with Crippen molar-refractivity contribution in [3.8, 4) is 0 Å². The minimum Gasteiger partial charge on any atom is -0.481 e. The van der Waals surface area contributed by atoms with Gasteiger partial charge < -0.3 is 51.6 Å². The van der Waals surface area contributed by atoms with Crippen LogP contribution in [0.25, 0.3) is 0 Å². The second-order valence-corrected chi connectivity index (χ2v) is 7.83. The molecule has 1 heterocycles. The van der Waals surface area contributed by atoms with Crippen molar-refractivity contribution < 1.29 is 53.9 Å². The maximum absolute atomic E-state index is 12.5. The highest BCUT2D eigenvalue weighted by Crippen LogP contribution is 2.23. The molecule has 1 aliphatic rings. The molecule has 1 aliphatic heterocycles. The molecule has 194 valence electrons. The fourth-order valence-corrected chi connectivity index (χ4v) is 3.18. The van der Waals surface area contributed by atoms with Crippen LogP contribution in [0.2, 0.25) is 0 Å². The van der Waals surface area contributed by atoms with E-state index in [-0.39, 0.29) is 6.42 Å². The number of carbonyl (C=O) groups is 5. The van der Waals surface area contributed by atoms with Crippen LogP contribution in [-0.2, 0) is 33.4 Å². The van der Waals surface area contributed by atoms with Crippen molar-refractivity contribution in [2.45, 2.75) is 82.4 Å². The van der Waals surface area contributed by atoms with Crippen molar-refractivity contribution in [3.05, 3.63) is 0 Å². The van der Waals surface area contributed by atoms with Gasteiger partial charge in [0.2, 0.25) is 23.6 Å². The quantitative estimate of drug-likeness (QED) is 0.129. The Morgan fingerprint density at radius 1 is 1.09 bits per heavy atom. The average molecular weight is 492 g/mol. The van der Waals surface area contributed by atoms with E-state index in [9.17, 15) is 39.3 Å². The van der Waals surface area contributed by atoms with Gasteiger partial charge in [0.1, 0.15) is 42.5 Å². The van der Waals surface area contributed by atoms with Crippen molar-refractivity contribution in [2.24, 2.45) is 5.73 Å². The molecular formula is C19H32N4O11. The predicted molar refractivity (Wildman–Crippen MR) is 112 cm³/mol. The minimum absolute atomic E-state index is 0.239. The maximum atomic E-state index is 12.5. The van der Waals surface area contributed by atoms with Crippen molar-refractivity contribution in [1.82, 2.24) is 16.0 Å². The first-order valence-corrected chi connectivity index (χ1v) is 10.4. The highest BCUT2D eigenvalue weighted by molar-refractivity contribution is 5.92. The summed E-state index contributed by atoms with van der Waals surface area (Å²) in [5.74, 6) is -4.34. The number of carboxylic acids is 1. The van der Waals surface area contributed by atoms with Crippen molar-refractivity contribution in [2.75, 3.05) is 6.61 Å². The standard InChI is InChI=1S/C19H32N4O11/c1-7(17(30)23-10(16(20)29)4-5-12(26)27)21-18(31)8(2)33-15-13(22-9(3)25)19(32)34-11(6-24)14(15)28/h7-8,10-11,13-15,19,24,28,32H,4-6H2,1-3H3,(H2,20,29)(H,21,31)(H,22,25)(H,23,30)(H,26,27)/t7-,8-,10-,11+,13+,14+,15+,19-/m0/s1. The average Bonchev–Trinajstić information content (AvgIpc) is 2.74. The Hall–Kier alpha value is -2.85. The van der Waals surface area contributed by atoms with E-state index in [1.165, 1.54) is 13.8 Å². The largest absolute Gasteiger partial charge is 0.481 e. The van der Waals surface area contributed by atoms with Crippen LogP contribution in [0.3, 0.4) is 0 Å². The highest BCUT2D eigenvalue weighted by Gasteiger charge is 2.47. The van der Waals surface area contributed by atoms with Crippen LogP contribution >= 0.6 is 0 Å². The Balaban J connectivity index is 2.80. The number of nitrogens with two attached hydrogens (primary N) is 1. The van der Waals surface area contributed by atoms with E-state index in [0.29, 0.717) is 0 Å². The SMILES string of the molecule is CC(=O)N[C@@H]1[C@@H](O[C@@H](C)C(=O)N[C@@H](C)C(=O)N[C@@H](CCC(=O)O)C(N)=O)[C@H](O)[C@@H](CO)O[C@@H]1O. The lowest BCUT2D eigenvalue weighted by atomic mass is 9.96. The summed E-state index contributed by atoms with van der Waals surface area (Å²) in [6, 6.07) is -3.71. The Morgan fingerprint density at radius 3 is 2.21 bits per heavy atom. The monoisotopic (exact) mass is 492 g/mol. The van der Waals surface area contributed by atoms with E-state index in [4.69, 9.17) is 20.3 Å². The number of hydrogen-bond donors (Lipinski definition) is 8. The van der Waals surface area contributed by atoms with Crippen LogP contribution < -0.4 is 21.7 Å². The highest BCUT2D eigenvalue weighted by atomic mass is 16.6. The van der Waals surface area contributed by atoms with Gasteiger partial charge in [-0.05, 0) is 20.3 Å². The van der Waals surface area contributed by atoms with E-state index in [0.717, 1.165) is 6.92 Å². The zero-order valence-electron chi connectivity index (χ0n) is 19.0. The summed E-state index contributed by atoms with van der Waals surface area (Å²) in [5.41, 5.74) is 5.16. The molecule has 0 saturated carbocycles. The fraction of sp³-hybridized carbons (Fsp3) is 0.737. The summed E-state index contributed by atoms with van der Waals surface area (Å²) in [6.07, 6.45) is -7.74. The third kappa shape index (κ3) is 8.49. The molecule has 0 aliphatic carbocycles. The number of aliphatic carboxylic acids is 1. The Morgan fingerprint density at radius 2 is 1.71 bits per heavy atom. The van der Waals surface area contributed by atoms with Crippen molar-refractivity contribution >= 4 is 29.6 Å². The maximum Gasteiger partial charge on any atom is 0.303 e. The van der Waals surface area contributed by atoms with Crippen LogP contribution in [0.4, 0.5) is 0 Å². The van der Waals surface area contributed by atoms with Crippen LogP contribution in [-0.4, -0.2) is 105 Å². The number of aliphatic hydroxyl groups excluding tert-OH is 3. The van der Waals surface area contributed by atoms with Crippen LogP contribution in [0.15, 0.2) is 0 Å². The second-order valence-electron chi connectivity index (χ2n) is 7.83. The topological polar surface area (TPSA) is 247 Å². The molecule has 4 amide bonds. The van der Waals surface area contributed by atoms with Crippen molar-refractivity contribution in [1.29, 1.82) is 0 Å². The number of carboxylic acid groups (broad SMARTS) is 1. The Kier molecular flexibility index (Phi) is 11.3. The molecule has 15 heteroatoms. The van der Waals surface area contributed by atoms with Crippen LogP contribution in [0.5, 0.6) is 0 Å². The van der Waals surface area contributed by atoms with Gasteiger partial charge >= 0.3 is 5.97 Å². The molecule has 0 aromatic heterocycles. The molecule has 0 unspecified atom stereocenters. The first-order valence-electron chi connectivity index (χ1n) is 10.4. The molecule has 1 rings (SSSR count). The summed E-state index contributed by atoms with van der Waals surface area (Å²) < 4.78 is 10.6. The van der Waals surface area contributed by atoms with Gasteiger partial charge in [0.25, 0.3) is 0 Å². The molecule has 0 radical (unpaired) electrons. The number of rotatable bonds is 12. The van der Waals surface area contributed by atoms with Gasteiger partial charge in [0.15, 0.2) is 6.29 Å². The first kappa shape index (κ1) is 29.2. The molecule has 1 saturated heterocycles. The summed E-state index contributed by atoms with van der Waals surface area (Å²) >= 11 is 0. The first-order chi connectivity index (χ1) is 15.8. The van der Waals surface area contributed by atoms with Gasteiger partial charge in [-0.25, -0.2) is 0 Å². The van der Waals surface area contributed by atoms with Gasteiger partial charge in [-0.15, -0.1) is 0 Å². The predicted octanol–water partition coefficient (Wildman–Crippen LogP) is -4.33. The molecule has 34 heavy (non-hydrogen) atoms. The van der Waals surface area contributed by atoms with Crippen LogP contribution in [0, 0.1) is 0 Å². The number of aliphatic hydroxyl groups is 3. The number of carbonyl (C=O) groups excluding carboxylic acids is 4. The molecule has 9 N–H and O–H groups in total. The smallest absolute Gasteiger partial charge is 0.303 e. The molecule has 0 aromatic rings. The lowest BCUT2D eigenvalue weighted by molar-refractivity contribution is -0.266. The molecule has 1 fully saturated rings. The Bertz CT molecular complexity index is 765. The van der Waals surface area contributed by atoms with E-state index in [1.54, 1.807) is 0 Å². The minimum atomic E-state index is -1.65. The molecule has 0 aromatic carbocycles. The summed E-state index contributed by atoms with van der Waals surface area (Å²) in [5, 5.41) is 45.5. The molecule has 0 bridgehead atoms. The van der Waals surface area contributed by atoms with Gasteiger partial charge in [0, 0.05) is 13.3 Å². The lowest BCUT2D eigenvalue weighted by Gasteiger charge is -2.43. The Labute approximate surface area is 195 Å². The second kappa shape index (κ2) is 13.1. The molecule has 15 nitrogen and oxygen atoms in total. The van der Waals surface area contributed by atoms with Crippen molar-refractivity contribution in [3.63, 3.8) is 0 Å². The summed E-state index contributed by atoms with van der Waals surface area (Å²) in [4.78, 5) is 58.4. The molecule has 0 spiro atoms. The number of hydrogen-bond acceptors (Lipinski definition) is 10. The number of amides is 4. The normalized spacial score (nSPS) is 27.1. The van der Waals surface area contributed by atoms with Gasteiger partial charge in [-0.1, -0.05) is 0 Å². The molecule has 8 atom stereocenters. The van der Waals surface area contributed by atoms with Crippen LogP contribution in [0.1, 0.15) is 33.6 Å². The van der Waals surface area contributed by atoms with Gasteiger partial charge in [-0.2, -0.15) is 0 Å². The lowest BCUT2D eigenvalue weighted by Crippen LogP contribution is -2.65. The zero-order chi connectivity index (χ0) is 26.2. The van der Waals surface area contributed by atoms with Gasteiger partial charge in [-0.3, -0.25) is 24.0 Å². The van der Waals surface area contributed by atoms with Gasteiger partial charge in [0.05, 0.1) is 6.61 Å². The third-order valence-electron chi connectivity index (χ3n) is 5.03. The number of nitrogens with one attached hydrogen (secondary N) is 3. The fourth-order valence-electron chi connectivity index (χ4n) is 3.18. The summed E-state index contributed by atoms with van der Waals surface area (Å²) in [7, 11) is 0. The third-order valence-corrected chi connectivity index (χ3v) is 5.03. The number of primary amides is 1. The molecular weight excluding hydrogens is 460 g/mol. The van der Waals surface area contributed by atoms with E-state index in [1.807, 2.05) is 0 Å². The van der Waals surface area contributed by atoms with E-state index < -0.39 is 91.5 Å². The number of ether oxygens (including phenoxy) is 2. The van der Waals surface area contributed by atoms with E-state index in [2.05, 4.69) is 16.0 Å².